The van der Waals surface area contributed by atoms with E-state index in [4.69, 9.17) is 16.3 Å². The summed E-state index contributed by atoms with van der Waals surface area (Å²) in [7, 11) is 1.87. The molecule has 0 atom stereocenters. The molecule has 3 rings (SSSR count). The quantitative estimate of drug-likeness (QED) is 0.314. The van der Waals surface area contributed by atoms with Gasteiger partial charge < -0.3 is 9.64 Å². The molecule has 0 amide bonds. The molecule has 0 saturated heterocycles. The summed E-state index contributed by atoms with van der Waals surface area (Å²) in [5, 5.41) is 11.2. The Labute approximate surface area is 172 Å². The third kappa shape index (κ3) is 3.86. The van der Waals surface area contributed by atoms with E-state index in [0.29, 0.717) is 0 Å². The van der Waals surface area contributed by atoms with Gasteiger partial charge in [-0.25, -0.2) is 4.79 Å². The van der Waals surface area contributed by atoms with Gasteiger partial charge in [0.2, 0.25) is 0 Å². The number of nitro groups is 1. The summed E-state index contributed by atoms with van der Waals surface area (Å²) < 4.78 is 5.01. The van der Waals surface area contributed by atoms with Crippen molar-refractivity contribution in [3.8, 4) is 0 Å². The number of anilines is 1. The van der Waals surface area contributed by atoms with Crippen LogP contribution in [0, 0.1) is 10.1 Å². The first kappa shape index (κ1) is 20.5. The van der Waals surface area contributed by atoms with Crippen LogP contribution in [0.1, 0.15) is 29.8 Å². The number of rotatable bonds is 5. The van der Waals surface area contributed by atoms with E-state index in [-0.39, 0.29) is 16.0 Å². The van der Waals surface area contributed by atoms with Crippen LogP contribution in [0.2, 0.25) is 5.02 Å². The minimum absolute atomic E-state index is 0.125. The van der Waals surface area contributed by atoms with Crippen LogP contribution in [0.25, 0.3) is 0 Å². The Morgan fingerprint density at radius 1 is 1.24 bits per heavy atom. The van der Waals surface area contributed by atoms with Crippen LogP contribution in [0.15, 0.2) is 54.2 Å². The summed E-state index contributed by atoms with van der Waals surface area (Å²) in [5.74, 6) is -1.37. The highest BCUT2D eigenvalue weighted by Crippen LogP contribution is 2.46. The first-order chi connectivity index (χ1) is 13.6. The van der Waals surface area contributed by atoms with E-state index in [9.17, 15) is 19.7 Å². The standard InChI is InChI=1S/C21H19ClN2O5/c1-21(2)16-6-4-5-7-17(16)23(3)19(21)11-14(25)12-29-20(26)15-9-8-13(22)10-18(15)24(27)28/h4-11H,12H2,1-3H3. The number of carbonyl (C=O) groups excluding carboxylic acids is 2. The Morgan fingerprint density at radius 2 is 1.93 bits per heavy atom. The summed E-state index contributed by atoms with van der Waals surface area (Å²) in [5.41, 5.74) is 1.75. The third-order valence-corrected chi connectivity index (χ3v) is 5.20. The molecule has 1 aliphatic heterocycles. The molecule has 7 nitrogen and oxygen atoms in total. The van der Waals surface area contributed by atoms with Crippen molar-refractivity contribution in [2.45, 2.75) is 19.3 Å². The van der Waals surface area contributed by atoms with E-state index in [1.165, 1.54) is 18.2 Å². The van der Waals surface area contributed by atoms with Gasteiger partial charge in [0.05, 0.1) is 4.92 Å². The summed E-state index contributed by atoms with van der Waals surface area (Å²) in [6, 6.07) is 11.5. The van der Waals surface area contributed by atoms with Crippen molar-refractivity contribution in [1.29, 1.82) is 0 Å². The van der Waals surface area contributed by atoms with Crippen molar-refractivity contribution in [2.75, 3.05) is 18.6 Å². The molecule has 8 heteroatoms. The van der Waals surface area contributed by atoms with Crippen molar-refractivity contribution >= 4 is 34.7 Å². The molecule has 0 bridgehead atoms. The minimum atomic E-state index is -0.956. The average molecular weight is 415 g/mol. The van der Waals surface area contributed by atoms with Crippen molar-refractivity contribution in [2.24, 2.45) is 0 Å². The molecule has 0 aromatic heterocycles. The predicted octanol–water partition coefficient (Wildman–Crippen LogP) is 4.29. The molecule has 1 aliphatic rings. The topological polar surface area (TPSA) is 89.8 Å². The monoisotopic (exact) mass is 414 g/mol. The highest BCUT2D eigenvalue weighted by atomic mass is 35.5. The third-order valence-electron chi connectivity index (χ3n) is 4.96. The zero-order chi connectivity index (χ0) is 21.3. The number of carbonyl (C=O) groups is 2. The van der Waals surface area contributed by atoms with Crippen LogP contribution in [0.3, 0.4) is 0 Å². The smallest absolute Gasteiger partial charge is 0.345 e. The lowest BCUT2D eigenvalue weighted by atomic mass is 9.83. The van der Waals surface area contributed by atoms with Crippen LogP contribution in [-0.4, -0.2) is 30.3 Å². The highest BCUT2D eigenvalue weighted by molar-refractivity contribution is 6.31. The summed E-state index contributed by atoms with van der Waals surface area (Å²) in [6.45, 7) is 3.50. The highest BCUT2D eigenvalue weighted by Gasteiger charge is 2.38. The summed E-state index contributed by atoms with van der Waals surface area (Å²) >= 11 is 5.74. The first-order valence-electron chi connectivity index (χ1n) is 8.82. The number of benzene rings is 2. The minimum Gasteiger partial charge on any atom is -0.454 e. The zero-order valence-electron chi connectivity index (χ0n) is 16.1. The predicted molar refractivity (Wildman–Crippen MR) is 109 cm³/mol. The number of likely N-dealkylation sites (N-methyl/N-ethyl adjacent to an activating group) is 1. The van der Waals surface area contributed by atoms with E-state index < -0.39 is 29.0 Å². The fourth-order valence-electron chi connectivity index (χ4n) is 3.50. The maximum Gasteiger partial charge on any atom is 0.345 e. The van der Waals surface area contributed by atoms with Gasteiger partial charge in [0.1, 0.15) is 5.56 Å². The second-order valence-corrected chi connectivity index (χ2v) is 7.63. The lowest BCUT2D eigenvalue weighted by molar-refractivity contribution is -0.385. The van der Waals surface area contributed by atoms with Crippen molar-refractivity contribution in [3.63, 3.8) is 0 Å². The van der Waals surface area contributed by atoms with Gasteiger partial charge in [-0.05, 0) is 23.8 Å². The van der Waals surface area contributed by atoms with Gasteiger partial charge in [-0.2, -0.15) is 0 Å². The first-order valence-corrected chi connectivity index (χ1v) is 9.20. The molecule has 0 N–H and O–H groups in total. The van der Waals surface area contributed by atoms with Crippen LogP contribution < -0.4 is 4.90 Å². The maximum atomic E-state index is 12.5. The molecule has 0 unspecified atom stereocenters. The number of halogens is 1. The number of esters is 1. The number of nitrogens with zero attached hydrogens (tertiary/aromatic N) is 2. The molecule has 150 valence electrons. The number of ether oxygens (including phenoxy) is 1. The maximum absolute atomic E-state index is 12.5. The van der Waals surface area contributed by atoms with Gasteiger partial charge in [-0.15, -0.1) is 0 Å². The second-order valence-electron chi connectivity index (χ2n) is 7.19. The SMILES string of the molecule is CN1C(=CC(=O)COC(=O)c2ccc(Cl)cc2[N+](=O)[O-])C(C)(C)c2ccccc21. The summed E-state index contributed by atoms with van der Waals surface area (Å²) in [6.07, 6.45) is 1.45. The molecule has 2 aromatic carbocycles. The number of fused-ring (bicyclic) bond motifs is 1. The van der Waals surface area contributed by atoms with E-state index in [1.807, 2.05) is 50.1 Å². The van der Waals surface area contributed by atoms with Crippen molar-refractivity contribution < 1.29 is 19.2 Å². The fraction of sp³-hybridized carbons (Fsp3) is 0.238. The normalized spacial score (nSPS) is 15.9. The molecule has 0 saturated carbocycles. The van der Waals surface area contributed by atoms with Crippen LogP contribution in [0.5, 0.6) is 0 Å². The van der Waals surface area contributed by atoms with Gasteiger partial charge >= 0.3 is 5.97 Å². The van der Waals surface area contributed by atoms with Crippen molar-refractivity contribution in [3.05, 3.63) is 80.5 Å². The number of hydrogen-bond acceptors (Lipinski definition) is 6. The fourth-order valence-corrected chi connectivity index (χ4v) is 3.66. The molecule has 0 aliphatic carbocycles. The molecule has 2 aromatic rings. The largest absolute Gasteiger partial charge is 0.454 e. The number of nitro benzene ring substituents is 1. The van der Waals surface area contributed by atoms with Gasteiger partial charge in [-0.1, -0.05) is 43.6 Å². The number of para-hydroxylation sites is 1. The number of hydrogen-bond donors (Lipinski definition) is 0. The lowest BCUT2D eigenvalue weighted by Crippen LogP contribution is -2.25. The Bertz CT molecular complexity index is 1050. The number of ketones is 1. The zero-order valence-corrected chi connectivity index (χ0v) is 16.9. The van der Waals surface area contributed by atoms with Crippen LogP contribution in [0.4, 0.5) is 11.4 Å². The molecular weight excluding hydrogens is 396 g/mol. The van der Waals surface area contributed by atoms with Crippen LogP contribution >= 0.6 is 11.6 Å². The molecule has 0 fully saturated rings. The van der Waals surface area contributed by atoms with Crippen molar-refractivity contribution in [1.82, 2.24) is 0 Å². The molecule has 0 spiro atoms. The van der Waals surface area contributed by atoms with E-state index >= 15 is 0 Å². The van der Waals surface area contributed by atoms with E-state index in [0.717, 1.165) is 23.0 Å². The molecular formula is C21H19ClN2O5. The Kier molecular flexibility index (Phi) is 5.44. The Hall–Kier alpha value is -3.19. The number of allylic oxidation sites excluding steroid dienone is 1. The van der Waals surface area contributed by atoms with Gasteiger partial charge in [-0.3, -0.25) is 14.9 Å². The summed E-state index contributed by atoms with van der Waals surface area (Å²) in [4.78, 5) is 37.0. The van der Waals surface area contributed by atoms with Crippen LogP contribution in [-0.2, 0) is 14.9 Å². The second kappa shape index (κ2) is 7.67. The molecule has 0 radical (unpaired) electrons. The van der Waals surface area contributed by atoms with Gasteiger partial charge in [0, 0.05) is 41.0 Å². The Balaban J connectivity index is 1.76. The van der Waals surface area contributed by atoms with Gasteiger partial charge in [0.25, 0.3) is 5.69 Å². The van der Waals surface area contributed by atoms with E-state index in [2.05, 4.69) is 0 Å². The average Bonchev–Trinajstić information content (AvgIpc) is 2.87. The van der Waals surface area contributed by atoms with E-state index in [1.54, 1.807) is 0 Å². The Morgan fingerprint density at radius 3 is 2.59 bits per heavy atom. The van der Waals surface area contributed by atoms with Gasteiger partial charge in [0.15, 0.2) is 12.4 Å². The lowest BCUT2D eigenvalue weighted by Gasteiger charge is -2.23. The molecule has 29 heavy (non-hydrogen) atoms. The molecule has 1 heterocycles.